The van der Waals surface area contributed by atoms with Gasteiger partial charge in [-0.25, -0.2) is 0 Å². The van der Waals surface area contributed by atoms with Gasteiger partial charge in [0.2, 0.25) is 5.91 Å². The Morgan fingerprint density at radius 1 is 1.48 bits per heavy atom. The molecule has 23 heavy (non-hydrogen) atoms. The minimum atomic E-state index is -4.31. The molecule has 0 aliphatic carbocycles. The first-order chi connectivity index (χ1) is 10.8. The lowest BCUT2D eigenvalue weighted by molar-refractivity contribution is -0.156. The number of nitrogens with two attached hydrogens (primary N) is 1. The predicted molar refractivity (Wildman–Crippen MR) is 77.4 cm³/mol. The van der Waals surface area contributed by atoms with E-state index in [2.05, 4.69) is 15.5 Å². The molecule has 1 aliphatic heterocycles. The van der Waals surface area contributed by atoms with Crippen LogP contribution in [0.3, 0.4) is 0 Å². The number of rotatable bonds is 7. The van der Waals surface area contributed by atoms with Crippen LogP contribution in [0.5, 0.6) is 0 Å². The number of nitrogens with zero attached hydrogens (tertiary/aromatic N) is 3. The minimum Gasteiger partial charge on any atom is -0.368 e. The third-order valence-electron chi connectivity index (χ3n) is 4.13. The van der Waals surface area contributed by atoms with Crippen molar-refractivity contribution in [2.75, 3.05) is 0 Å². The molecule has 1 aromatic rings. The van der Waals surface area contributed by atoms with Gasteiger partial charge in [0.25, 0.3) is 0 Å². The van der Waals surface area contributed by atoms with E-state index in [1.54, 1.807) is 0 Å². The molecule has 6 nitrogen and oxygen atoms in total. The zero-order valence-corrected chi connectivity index (χ0v) is 13.1. The predicted octanol–water partition coefficient (Wildman–Crippen LogP) is 1.85. The van der Waals surface area contributed by atoms with Gasteiger partial charge in [0.1, 0.15) is 17.6 Å². The molecule has 0 saturated carbocycles. The molecule has 1 aromatic heterocycles. The van der Waals surface area contributed by atoms with E-state index in [0.29, 0.717) is 25.2 Å². The maximum atomic E-state index is 13.0. The lowest BCUT2D eigenvalue weighted by Crippen LogP contribution is -2.41. The summed E-state index contributed by atoms with van der Waals surface area (Å²) in [5.41, 5.74) is 5.34. The molecule has 1 aliphatic rings. The first-order valence-electron chi connectivity index (χ1n) is 7.86. The molecule has 3 N–H and O–H groups in total. The molecular formula is C14H22F3N5O. The van der Waals surface area contributed by atoms with Gasteiger partial charge in [-0.15, -0.1) is 10.2 Å². The number of carbonyl (C=O) groups excluding carboxylic acids is 1. The highest BCUT2D eigenvalue weighted by Gasteiger charge is 2.45. The maximum Gasteiger partial charge on any atom is 0.398 e. The quantitative estimate of drug-likeness (QED) is 0.797. The van der Waals surface area contributed by atoms with Gasteiger partial charge in [-0.2, -0.15) is 13.2 Å². The van der Waals surface area contributed by atoms with Crippen LogP contribution in [0.1, 0.15) is 56.6 Å². The van der Waals surface area contributed by atoms with Gasteiger partial charge >= 0.3 is 6.18 Å². The smallest absolute Gasteiger partial charge is 0.368 e. The van der Waals surface area contributed by atoms with E-state index >= 15 is 0 Å². The van der Waals surface area contributed by atoms with E-state index in [1.807, 2.05) is 6.92 Å². The summed E-state index contributed by atoms with van der Waals surface area (Å²) >= 11 is 0. The minimum absolute atomic E-state index is 0.0372. The second kappa shape index (κ2) is 7.29. The number of carbonyl (C=O) groups is 1. The summed E-state index contributed by atoms with van der Waals surface area (Å²) in [4.78, 5) is 11.4. The number of fused-ring (bicyclic) bond motifs is 1. The Bertz CT molecular complexity index is 543. The number of hydrogen-bond acceptors (Lipinski definition) is 4. The largest absolute Gasteiger partial charge is 0.398 e. The third kappa shape index (κ3) is 4.21. The van der Waals surface area contributed by atoms with Crippen LogP contribution in [0.15, 0.2) is 0 Å². The van der Waals surface area contributed by atoms with Crippen LogP contribution in [0.25, 0.3) is 0 Å². The molecule has 2 heterocycles. The zero-order valence-electron chi connectivity index (χ0n) is 13.1. The highest BCUT2D eigenvalue weighted by atomic mass is 19.4. The van der Waals surface area contributed by atoms with E-state index < -0.39 is 24.0 Å². The molecule has 0 spiro atoms. The molecule has 0 aromatic carbocycles. The lowest BCUT2D eigenvalue weighted by atomic mass is 9.98. The van der Waals surface area contributed by atoms with Crippen LogP contribution in [0.4, 0.5) is 13.2 Å². The van der Waals surface area contributed by atoms with Crippen molar-refractivity contribution in [3.05, 3.63) is 11.6 Å². The highest BCUT2D eigenvalue weighted by Crippen LogP contribution is 2.40. The number of hydrogen-bond donors (Lipinski definition) is 2. The van der Waals surface area contributed by atoms with Crippen LogP contribution in [-0.2, 0) is 17.9 Å². The molecule has 2 rings (SSSR count). The number of halogens is 3. The van der Waals surface area contributed by atoms with Gasteiger partial charge in [-0.3, -0.25) is 10.1 Å². The normalized spacial score (nSPS) is 19.4. The third-order valence-corrected chi connectivity index (χ3v) is 4.13. The van der Waals surface area contributed by atoms with Gasteiger partial charge in [0.15, 0.2) is 0 Å². The summed E-state index contributed by atoms with van der Waals surface area (Å²) in [6.07, 6.45) is -1.48. The summed E-state index contributed by atoms with van der Waals surface area (Å²) in [5, 5.41) is 10.6. The van der Waals surface area contributed by atoms with E-state index in [-0.39, 0.29) is 18.8 Å². The second-order valence-corrected chi connectivity index (χ2v) is 5.84. The van der Waals surface area contributed by atoms with Crippen molar-refractivity contribution >= 4 is 5.91 Å². The molecular weight excluding hydrogens is 311 g/mol. The van der Waals surface area contributed by atoms with Crippen LogP contribution in [0.2, 0.25) is 0 Å². The summed E-state index contributed by atoms with van der Waals surface area (Å²) in [5.74, 6) is -1.66. The van der Waals surface area contributed by atoms with Crippen LogP contribution >= 0.6 is 0 Å². The van der Waals surface area contributed by atoms with Gasteiger partial charge in [-0.05, 0) is 19.3 Å². The average Bonchev–Trinajstić information content (AvgIpc) is 2.89. The fourth-order valence-electron chi connectivity index (χ4n) is 2.84. The van der Waals surface area contributed by atoms with Crippen molar-refractivity contribution in [1.29, 1.82) is 0 Å². The van der Waals surface area contributed by atoms with Gasteiger partial charge in [0.05, 0.1) is 12.6 Å². The molecule has 0 radical (unpaired) electrons. The van der Waals surface area contributed by atoms with E-state index in [0.717, 1.165) is 12.8 Å². The number of alkyl halides is 3. The molecule has 0 fully saturated rings. The van der Waals surface area contributed by atoms with Crippen molar-refractivity contribution in [1.82, 2.24) is 20.1 Å². The summed E-state index contributed by atoms with van der Waals surface area (Å²) in [7, 11) is 0. The molecule has 1 amide bonds. The van der Waals surface area contributed by atoms with Crippen LogP contribution < -0.4 is 11.1 Å². The lowest BCUT2D eigenvalue weighted by Gasteiger charge is -2.25. The molecule has 130 valence electrons. The average molecular weight is 333 g/mol. The molecule has 0 unspecified atom stereocenters. The molecule has 2 atom stereocenters. The van der Waals surface area contributed by atoms with Crippen LogP contribution in [0, 0.1) is 0 Å². The number of nitrogens with one attached hydrogen (secondary N) is 1. The Balaban J connectivity index is 2.08. The number of unbranched alkanes of at least 4 members (excludes halogenated alkanes) is 1. The SMILES string of the molecule is CCCC[C@@H](NCc1nnc2n1CCC[C@@H]2C(F)(F)F)C(N)=O. The van der Waals surface area contributed by atoms with Crippen molar-refractivity contribution in [2.45, 2.75) is 70.3 Å². The number of primary amides is 1. The van der Waals surface area contributed by atoms with Crippen LogP contribution in [-0.4, -0.2) is 32.9 Å². The molecule has 0 saturated heterocycles. The summed E-state index contributed by atoms with van der Waals surface area (Å²) in [6, 6.07) is -0.509. The Kier molecular flexibility index (Phi) is 5.61. The van der Waals surface area contributed by atoms with Gasteiger partial charge < -0.3 is 10.3 Å². The summed E-state index contributed by atoms with van der Waals surface area (Å²) in [6.45, 7) is 2.64. The van der Waals surface area contributed by atoms with Crippen molar-refractivity contribution in [3.8, 4) is 0 Å². The Morgan fingerprint density at radius 2 is 2.22 bits per heavy atom. The fourth-order valence-corrected chi connectivity index (χ4v) is 2.84. The van der Waals surface area contributed by atoms with E-state index in [9.17, 15) is 18.0 Å². The molecule has 9 heteroatoms. The monoisotopic (exact) mass is 333 g/mol. The topological polar surface area (TPSA) is 85.8 Å². The fraction of sp³-hybridized carbons (Fsp3) is 0.786. The molecule has 0 bridgehead atoms. The highest BCUT2D eigenvalue weighted by molar-refractivity contribution is 5.79. The van der Waals surface area contributed by atoms with Crippen molar-refractivity contribution in [3.63, 3.8) is 0 Å². The van der Waals surface area contributed by atoms with Crippen molar-refractivity contribution in [2.24, 2.45) is 5.73 Å². The number of aromatic nitrogens is 3. The Hall–Kier alpha value is -1.64. The first-order valence-corrected chi connectivity index (χ1v) is 7.86. The second-order valence-electron chi connectivity index (χ2n) is 5.84. The Morgan fingerprint density at radius 3 is 2.83 bits per heavy atom. The maximum absolute atomic E-state index is 13.0. The van der Waals surface area contributed by atoms with E-state index in [4.69, 9.17) is 5.73 Å². The van der Waals surface area contributed by atoms with Crippen molar-refractivity contribution < 1.29 is 18.0 Å². The zero-order chi connectivity index (χ0) is 17.0. The first kappa shape index (κ1) is 17.7. The van der Waals surface area contributed by atoms with Gasteiger partial charge in [-0.1, -0.05) is 19.8 Å². The summed E-state index contributed by atoms with van der Waals surface area (Å²) < 4.78 is 40.6. The van der Waals surface area contributed by atoms with Gasteiger partial charge in [0, 0.05) is 6.54 Å². The Labute approximate surface area is 132 Å². The van der Waals surface area contributed by atoms with E-state index in [1.165, 1.54) is 4.57 Å². The number of amides is 1. The standard InChI is InChI=1S/C14H22F3N5O/c1-2-3-6-10(12(18)23)19-8-11-20-21-13-9(14(15,16)17)5-4-7-22(11)13/h9-10,19H,2-8H2,1H3,(H2,18,23)/t9-,10+/m0/s1.